The molecule has 0 unspecified atom stereocenters. The Morgan fingerprint density at radius 3 is 2.94 bits per heavy atom. The number of carbonyl (C=O) groups excluding carboxylic acids is 1. The normalized spacial score (nSPS) is 17.8. The molecule has 1 aliphatic rings. The quantitative estimate of drug-likeness (QED) is 0.454. The van der Waals surface area contributed by atoms with Gasteiger partial charge >= 0.3 is 5.97 Å². The number of esters is 1. The number of nitrogens with zero attached hydrogens (tertiary/aromatic N) is 1. The fourth-order valence-corrected chi connectivity index (χ4v) is 1.88. The van der Waals surface area contributed by atoms with E-state index < -0.39 is 0 Å². The van der Waals surface area contributed by atoms with Crippen LogP contribution in [0, 0.1) is 0 Å². The van der Waals surface area contributed by atoms with E-state index in [9.17, 15) is 4.79 Å². The van der Waals surface area contributed by atoms with Gasteiger partial charge in [-0.15, -0.1) is 0 Å². The lowest BCUT2D eigenvalue weighted by molar-refractivity contribution is -0.138. The van der Waals surface area contributed by atoms with Crippen molar-refractivity contribution in [2.24, 2.45) is 5.16 Å². The van der Waals surface area contributed by atoms with Crippen LogP contribution in [0.25, 0.3) is 0 Å². The summed E-state index contributed by atoms with van der Waals surface area (Å²) in [4.78, 5) is 16.0. The fraction of sp³-hybridized carbons (Fsp3) is 0.455. The Bertz CT molecular complexity index is 358. The Hall–Kier alpha value is -1.10. The summed E-state index contributed by atoms with van der Waals surface area (Å²) in [5.41, 5.74) is 1.63. The summed E-state index contributed by atoms with van der Waals surface area (Å²) < 4.78 is 5.21. The van der Waals surface area contributed by atoms with Crippen LogP contribution < -0.4 is 0 Å². The van der Waals surface area contributed by atoms with Gasteiger partial charge in [0.15, 0.2) is 0 Å². The van der Waals surface area contributed by atoms with E-state index in [0.29, 0.717) is 23.9 Å². The number of hydrogen-bond acceptors (Lipinski definition) is 4. The number of oxime groups is 1. The van der Waals surface area contributed by atoms with Gasteiger partial charge in [0.2, 0.25) is 0 Å². The first-order valence-corrected chi connectivity index (χ1v) is 6.11. The highest BCUT2D eigenvalue weighted by Crippen LogP contribution is 2.20. The molecule has 0 N–H and O–H groups in total. The van der Waals surface area contributed by atoms with Crippen molar-refractivity contribution in [2.45, 2.75) is 19.8 Å². The average molecular weight is 288 g/mol. The molecule has 0 saturated carbocycles. The average Bonchev–Trinajstić information content (AvgIpc) is 2.29. The van der Waals surface area contributed by atoms with Crippen molar-refractivity contribution in [2.75, 3.05) is 12.4 Å². The summed E-state index contributed by atoms with van der Waals surface area (Å²) in [6, 6.07) is 0. The molecular formula is C11H14BrNO3. The Morgan fingerprint density at radius 2 is 2.38 bits per heavy atom. The summed E-state index contributed by atoms with van der Waals surface area (Å²) in [7, 11) is 1.49. The molecule has 4 nitrogen and oxygen atoms in total. The van der Waals surface area contributed by atoms with Crippen LogP contribution in [0.4, 0.5) is 0 Å². The summed E-state index contributed by atoms with van der Waals surface area (Å²) in [5, 5.41) is 4.48. The summed E-state index contributed by atoms with van der Waals surface area (Å²) in [6.45, 7) is 1.76. The van der Waals surface area contributed by atoms with E-state index in [0.717, 1.165) is 11.3 Å². The maximum atomic E-state index is 11.2. The number of ether oxygens (including phenoxy) is 1. The molecule has 0 saturated heterocycles. The topological polar surface area (TPSA) is 47.9 Å². The molecule has 0 amide bonds. The third-order valence-electron chi connectivity index (χ3n) is 2.07. The molecular weight excluding hydrogens is 274 g/mol. The fourth-order valence-electron chi connectivity index (χ4n) is 1.28. The lowest BCUT2D eigenvalue weighted by Gasteiger charge is -2.15. The zero-order chi connectivity index (χ0) is 12.0. The zero-order valence-corrected chi connectivity index (χ0v) is 10.9. The molecule has 0 atom stereocenters. The maximum absolute atomic E-state index is 11.2. The number of rotatable bonds is 4. The van der Waals surface area contributed by atoms with Gasteiger partial charge in [-0.2, -0.15) is 0 Å². The van der Waals surface area contributed by atoms with Gasteiger partial charge in [0.25, 0.3) is 0 Å². The lowest BCUT2D eigenvalue weighted by Crippen LogP contribution is -2.14. The lowest BCUT2D eigenvalue weighted by atomic mass is 10.0. The van der Waals surface area contributed by atoms with E-state index in [-0.39, 0.29) is 5.97 Å². The Balaban J connectivity index is 2.95. The first-order chi connectivity index (χ1) is 7.72. The Morgan fingerprint density at radius 1 is 1.62 bits per heavy atom. The molecule has 5 heteroatoms. The highest BCUT2D eigenvalue weighted by molar-refractivity contribution is 9.09. The monoisotopic (exact) mass is 287 g/mol. The number of hydrogen-bond donors (Lipinski definition) is 0. The van der Waals surface area contributed by atoms with Crippen molar-refractivity contribution in [3.8, 4) is 0 Å². The molecule has 1 rings (SSSR count). The van der Waals surface area contributed by atoms with E-state index in [1.54, 1.807) is 13.0 Å². The molecule has 0 bridgehead atoms. The van der Waals surface area contributed by atoms with Crippen LogP contribution in [0.15, 0.2) is 28.6 Å². The van der Waals surface area contributed by atoms with Gasteiger partial charge in [0.1, 0.15) is 12.9 Å². The largest absolute Gasteiger partial charge is 0.426 e. The van der Waals surface area contributed by atoms with Gasteiger partial charge in [-0.05, 0) is 6.08 Å². The number of allylic oxidation sites excluding steroid dienone is 3. The number of alkyl halides is 1. The SMILES string of the molecule is CCC(=O)OC1=C(CBr)C(=NOC)CC=C1. The second kappa shape index (κ2) is 6.48. The number of carbonyl (C=O) groups is 1. The van der Waals surface area contributed by atoms with E-state index in [1.807, 2.05) is 6.08 Å². The molecule has 88 valence electrons. The van der Waals surface area contributed by atoms with Crippen molar-refractivity contribution in [1.82, 2.24) is 0 Å². The highest BCUT2D eigenvalue weighted by Gasteiger charge is 2.17. The predicted octanol–water partition coefficient (Wildman–Crippen LogP) is 2.55. The Kier molecular flexibility index (Phi) is 5.25. The zero-order valence-electron chi connectivity index (χ0n) is 9.33. The minimum atomic E-state index is -0.253. The van der Waals surface area contributed by atoms with E-state index >= 15 is 0 Å². The molecule has 0 aromatic rings. The summed E-state index contributed by atoms with van der Waals surface area (Å²) >= 11 is 3.35. The van der Waals surface area contributed by atoms with E-state index in [2.05, 4.69) is 21.1 Å². The van der Waals surface area contributed by atoms with Crippen molar-refractivity contribution in [3.05, 3.63) is 23.5 Å². The van der Waals surface area contributed by atoms with Crippen molar-refractivity contribution in [1.29, 1.82) is 0 Å². The van der Waals surface area contributed by atoms with Crippen LogP contribution in [0.2, 0.25) is 0 Å². The van der Waals surface area contributed by atoms with E-state index in [1.165, 1.54) is 7.11 Å². The Labute approximate surface area is 103 Å². The molecule has 16 heavy (non-hydrogen) atoms. The molecule has 0 aromatic carbocycles. The first kappa shape index (κ1) is 13.0. The summed E-state index contributed by atoms with van der Waals surface area (Å²) in [6.07, 6.45) is 4.72. The van der Waals surface area contributed by atoms with Crippen LogP contribution in [0.3, 0.4) is 0 Å². The maximum Gasteiger partial charge on any atom is 0.310 e. The molecule has 0 aromatic heterocycles. The minimum Gasteiger partial charge on any atom is -0.426 e. The van der Waals surface area contributed by atoms with Crippen LogP contribution in [0.5, 0.6) is 0 Å². The van der Waals surface area contributed by atoms with Crippen molar-refractivity contribution >= 4 is 27.6 Å². The van der Waals surface area contributed by atoms with Crippen LogP contribution in [-0.4, -0.2) is 24.1 Å². The van der Waals surface area contributed by atoms with Gasteiger partial charge in [-0.25, -0.2) is 0 Å². The first-order valence-electron chi connectivity index (χ1n) is 4.99. The highest BCUT2D eigenvalue weighted by atomic mass is 79.9. The third kappa shape index (κ3) is 3.20. The van der Waals surface area contributed by atoms with Crippen LogP contribution in [-0.2, 0) is 14.4 Å². The molecule has 0 fully saturated rings. The minimum absolute atomic E-state index is 0.253. The van der Waals surface area contributed by atoms with Gasteiger partial charge in [0, 0.05) is 23.7 Å². The van der Waals surface area contributed by atoms with Crippen molar-refractivity contribution in [3.63, 3.8) is 0 Å². The molecule has 0 radical (unpaired) electrons. The predicted molar refractivity (Wildman–Crippen MR) is 65.4 cm³/mol. The molecule has 0 spiro atoms. The van der Waals surface area contributed by atoms with Crippen LogP contribution in [0.1, 0.15) is 19.8 Å². The summed E-state index contributed by atoms with van der Waals surface area (Å²) in [5.74, 6) is 0.294. The van der Waals surface area contributed by atoms with Crippen LogP contribution >= 0.6 is 15.9 Å². The molecule has 0 heterocycles. The molecule has 1 aliphatic carbocycles. The molecule has 0 aliphatic heterocycles. The third-order valence-corrected chi connectivity index (χ3v) is 2.63. The van der Waals surface area contributed by atoms with Gasteiger partial charge in [-0.1, -0.05) is 34.1 Å². The van der Waals surface area contributed by atoms with E-state index in [4.69, 9.17) is 9.57 Å². The second-order valence-corrected chi connectivity index (χ2v) is 3.69. The number of halogens is 1. The smallest absolute Gasteiger partial charge is 0.310 e. The van der Waals surface area contributed by atoms with Gasteiger partial charge in [-0.3, -0.25) is 4.79 Å². The van der Waals surface area contributed by atoms with Gasteiger partial charge in [0.05, 0.1) is 5.71 Å². The van der Waals surface area contributed by atoms with Crippen molar-refractivity contribution < 1.29 is 14.4 Å². The van der Waals surface area contributed by atoms with Gasteiger partial charge < -0.3 is 9.57 Å². The standard InChI is InChI=1S/C11H14BrNO3/c1-3-11(14)16-10-6-4-5-9(13-15-2)8(10)7-12/h4,6H,3,5,7H2,1-2H3. The second-order valence-electron chi connectivity index (χ2n) is 3.13.